The van der Waals surface area contributed by atoms with Crippen LogP contribution in [0.4, 0.5) is 0 Å². The molecule has 0 amide bonds. The van der Waals surface area contributed by atoms with E-state index in [1.54, 1.807) is 45.0 Å². The summed E-state index contributed by atoms with van der Waals surface area (Å²) < 4.78 is 10.3. The van der Waals surface area contributed by atoms with Crippen LogP contribution in [0.3, 0.4) is 0 Å². The first kappa shape index (κ1) is 16.5. The van der Waals surface area contributed by atoms with Crippen LogP contribution in [0.5, 0.6) is 5.75 Å². The molecule has 0 spiro atoms. The van der Waals surface area contributed by atoms with Gasteiger partial charge in [0.15, 0.2) is 5.41 Å². The average Bonchev–Trinajstić information content (AvgIpc) is 2.44. The summed E-state index contributed by atoms with van der Waals surface area (Å²) >= 11 is 5.77. The van der Waals surface area contributed by atoms with Gasteiger partial charge in [-0.15, -0.1) is 0 Å². The van der Waals surface area contributed by atoms with Gasteiger partial charge in [0.2, 0.25) is 0 Å². The van der Waals surface area contributed by atoms with Gasteiger partial charge in [0.1, 0.15) is 5.75 Å². The molecule has 0 aromatic heterocycles. The van der Waals surface area contributed by atoms with E-state index in [4.69, 9.17) is 21.1 Å². The molecule has 110 valence electrons. The number of carbonyl (C=O) groups excluding carboxylic acids is 2. The zero-order chi connectivity index (χ0) is 15.2. The first-order valence-electron chi connectivity index (χ1n) is 6.65. The quantitative estimate of drug-likeness (QED) is 0.457. The third-order valence-corrected chi connectivity index (χ3v) is 3.54. The summed E-state index contributed by atoms with van der Waals surface area (Å²) in [6, 6.07) is 6.41. The molecule has 1 aromatic rings. The van der Waals surface area contributed by atoms with Crippen LogP contribution in [0.1, 0.15) is 33.6 Å². The van der Waals surface area contributed by atoms with Crippen molar-refractivity contribution in [3.8, 4) is 5.75 Å². The molecule has 0 radical (unpaired) electrons. The molecule has 0 fully saturated rings. The van der Waals surface area contributed by atoms with Crippen LogP contribution in [-0.4, -0.2) is 18.5 Å². The molecule has 1 aromatic carbocycles. The lowest BCUT2D eigenvalue weighted by molar-refractivity contribution is -0.167. The van der Waals surface area contributed by atoms with Crippen molar-refractivity contribution in [1.82, 2.24) is 0 Å². The fourth-order valence-electron chi connectivity index (χ4n) is 1.89. The predicted octanol–water partition coefficient (Wildman–Crippen LogP) is 3.61. The SMILES string of the molecule is CCOC(=O)C(CC)(CC)C(=O)Oc1ccc(Cl)cc1. The summed E-state index contributed by atoms with van der Waals surface area (Å²) in [5.74, 6) is -0.776. The monoisotopic (exact) mass is 298 g/mol. The van der Waals surface area contributed by atoms with Crippen LogP contribution in [0, 0.1) is 5.41 Å². The van der Waals surface area contributed by atoms with Gasteiger partial charge >= 0.3 is 11.9 Å². The van der Waals surface area contributed by atoms with E-state index in [2.05, 4.69) is 0 Å². The first-order valence-corrected chi connectivity index (χ1v) is 7.03. The fourth-order valence-corrected chi connectivity index (χ4v) is 2.01. The maximum Gasteiger partial charge on any atom is 0.328 e. The molecule has 0 aliphatic carbocycles. The molecule has 0 unspecified atom stereocenters. The molecule has 0 heterocycles. The molecule has 0 N–H and O–H groups in total. The Kier molecular flexibility index (Phi) is 6.02. The summed E-state index contributed by atoms with van der Waals surface area (Å²) in [6.07, 6.45) is 0.656. The first-order chi connectivity index (χ1) is 9.50. The van der Waals surface area contributed by atoms with Crippen molar-refractivity contribution in [1.29, 1.82) is 0 Å². The van der Waals surface area contributed by atoms with Crippen LogP contribution in [0.25, 0.3) is 0 Å². The Morgan fingerprint density at radius 2 is 1.60 bits per heavy atom. The smallest absolute Gasteiger partial charge is 0.328 e. The van der Waals surface area contributed by atoms with E-state index in [0.717, 1.165) is 0 Å². The van der Waals surface area contributed by atoms with Crippen molar-refractivity contribution in [2.24, 2.45) is 5.41 Å². The minimum absolute atomic E-state index is 0.231. The number of benzene rings is 1. The van der Waals surface area contributed by atoms with Crippen molar-refractivity contribution in [2.75, 3.05) is 6.61 Å². The lowest BCUT2D eigenvalue weighted by Gasteiger charge is -2.26. The summed E-state index contributed by atoms with van der Waals surface area (Å²) in [6.45, 7) is 5.47. The van der Waals surface area contributed by atoms with Gasteiger partial charge in [-0.25, -0.2) is 0 Å². The van der Waals surface area contributed by atoms with Crippen LogP contribution < -0.4 is 4.74 Å². The van der Waals surface area contributed by atoms with E-state index in [0.29, 0.717) is 23.6 Å². The Labute approximate surface area is 124 Å². The van der Waals surface area contributed by atoms with Gasteiger partial charge < -0.3 is 9.47 Å². The molecule has 4 nitrogen and oxygen atoms in total. The van der Waals surface area contributed by atoms with E-state index < -0.39 is 17.4 Å². The molecule has 1 rings (SSSR count). The fraction of sp³-hybridized carbons (Fsp3) is 0.467. The van der Waals surface area contributed by atoms with E-state index >= 15 is 0 Å². The van der Waals surface area contributed by atoms with E-state index in [-0.39, 0.29) is 6.61 Å². The van der Waals surface area contributed by atoms with Crippen molar-refractivity contribution >= 4 is 23.5 Å². The zero-order valence-electron chi connectivity index (χ0n) is 11.9. The predicted molar refractivity (Wildman–Crippen MR) is 76.7 cm³/mol. The molecule has 20 heavy (non-hydrogen) atoms. The van der Waals surface area contributed by atoms with Crippen molar-refractivity contribution < 1.29 is 19.1 Å². The normalized spacial score (nSPS) is 11.0. The van der Waals surface area contributed by atoms with Gasteiger partial charge in [-0.2, -0.15) is 0 Å². The van der Waals surface area contributed by atoms with Gasteiger partial charge in [0.25, 0.3) is 0 Å². The lowest BCUT2D eigenvalue weighted by Crippen LogP contribution is -2.42. The number of hydrogen-bond acceptors (Lipinski definition) is 4. The Hall–Kier alpha value is -1.55. The van der Waals surface area contributed by atoms with E-state index in [9.17, 15) is 9.59 Å². The van der Waals surface area contributed by atoms with Gasteiger partial charge in [-0.1, -0.05) is 25.4 Å². The van der Waals surface area contributed by atoms with Gasteiger partial charge in [0, 0.05) is 5.02 Å². The number of halogens is 1. The molecule has 0 atom stereocenters. The highest BCUT2D eigenvalue weighted by atomic mass is 35.5. The average molecular weight is 299 g/mol. The lowest BCUT2D eigenvalue weighted by atomic mass is 9.82. The largest absolute Gasteiger partial charge is 0.465 e. The third-order valence-electron chi connectivity index (χ3n) is 3.29. The molecule has 5 heteroatoms. The Morgan fingerprint density at radius 3 is 2.05 bits per heavy atom. The molecular formula is C15H19ClO4. The highest BCUT2D eigenvalue weighted by molar-refractivity contribution is 6.30. The number of carbonyl (C=O) groups is 2. The van der Waals surface area contributed by atoms with Crippen LogP contribution in [0.2, 0.25) is 5.02 Å². The second-order valence-corrected chi connectivity index (χ2v) is 4.79. The highest BCUT2D eigenvalue weighted by Gasteiger charge is 2.46. The second-order valence-electron chi connectivity index (χ2n) is 4.35. The topological polar surface area (TPSA) is 52.6 Å². The summed E-state index contributed by atoms with van der Waals surface area (Å²) in [5.41, 5.74) is -1.25. The standard InChI is InChI=1S/C15H19ClO4/c1-4-15(5-2,13(17)19-6-3)14(18)20-12-9-7-11(16)8-10-12/h7-10H,4-6H2,1-3H3. The van der Waals surface area contributed by atoms with Gasteiger partial charge in [-0.05, 0) is 44.0 Å². The maximum absolute atomic E-state index is 12.3. The Balaban J connectivity index is 2.94. The molecule has 0 saturated carbocycles. The van der Waals surface area contributed by atoms with Gasteiger partial charge in [0.05, 0.1) is 6.61 Å². The molecule has 0 bridgehead atoms. The molecule has 0 aliphatic rings. The summed E-state index contributed by atoms with van der Waals surface area (Å²) in [4.78, 5) is 24.4. The zero-order valence-corrected chi connectivity index (χ0v) is 12.7. The summed E-state index contributed by atoms with van der Waals surface area (Å²) in [7, 11) is 0. The molecular weight excluding hydrogens is 280 g/mol. The Bertz CT molecular complexity index is 463. The summed E-state index contributed by atoms with van der Waals surface area (Å²) in [5, 5.41) is 0.549. The van der Waals surface area contributed by atoms with E-state index in [1.807, 2.05) is 0 Å². The van der Waals surface area contributed by atoms with E-state index in [1.165, 1.54) is 0 Å². The van der Waals surface area contributed by atoms with Crippen molar-refractivity contribution in [2.45, 2.75) is 33.6 Å². The highest BCUT2D eigenvalue weighted by Crippen LogP contribution is 2.31. The number of hydrogen-bond donors (Lipinski definition) is 0. The van der Waals surface area contributed by atoms with Crippen molar-refractivity contribution in [3.63, 3.8) is 0 Å². The maximum atomic E-state index is 12.3. The minimum Gasteiger partial charge on any atom is -0.465 e. The second kappa shape index (κ2) is 7.29. The van der Waals surface area contributed by atoms with Crippen LogP contribution >= 0.6 is 11.6 Å². The third kappa shape index (κ3) is 3.51. The molecule has 0 saturated heterocycles. The van der Waals surface area contributed by atoms with Gasteiger partial charge in [-0.3, -0.25) is 9.59 Å². The minimum atomic E-state index is -1.25. The number of ether oxygens (including phenoxy) is 2. The molecule has 0 aliphatic heterocycles. The Morgan fingerprint density at radius 1 is 1.05 bits per heavy atom. The van der Waals surface area contributed by atoms with Crippen LogP contribution in [0.15, 0.2) is 24.3 Å². The van der Waals surface area contributed by atoms with Crippen molar-refractivity contribution in [3.05, 3.63) is 29.3 Å². The number of rotatable bonds is 6. The van der Waals surface area contributed by atoms with Crippen LogP contribution in [-0.2, 0) is 14.3 Å². The number of esters is 2.